The molecular weight excluding hydrogens is 416 g/mol. The number of nitrogens with one attached hydrogen (secondary N) is 1. The molecule has 1 saturated heterocycles. The van der Waals surface area contributed by atoms with Crippen LogP contribution in [-0.2, 0) is 4.79 Å². The van der Waals surface area contributed by atoms with Gasteiger partial charge in [-0.15, -0.1) is 0 Å². The number of anilines is 1. The minimum Gasteiger partial charge on any atom is -0.494 e. The lowest BCUT2D eigenvalue weighted by Gasteiger charge is -2.14. The first-order valence-electron chi connectivity index (χ1n) is 9.69. The van der Waals surface area contributed by atoms with Crippen LogP contribution in [0.1, 0.15) is 12.5 Å². The molecule has 1 N–H and O–H groups in total. The van der Waals surface area contributed by atoms with Crippen LogP contribution >= 0.6 is 11.8 Å². The highest BCUT2D eigenvalue weighted by Crippen LogP contribution is 2.34. The number of hydrogen-bond donors (Lipinski definition) is 1. The topological polar surface area (TPSA) is 77.1 Å². The fourth-order valence-electron chi connectivity index (χ4n) is 2.84. The van der Waals surface area contributed by atoms with Gasteiger partial charge in [0.25, 0.3) is 11.1 Å². The van der Waals surface area contributed by atoms with Gasteiger partial charge in [-0.25, -0.2) is 0 Å². The Morgan fingerprint density at radius 1 is 1.10 bits per heavy atom. The van der Waals surface area contributed by atoms with Crippen molar-refractivity contribution < 1.29 is 23.8 Å². The molecule has 0 saturated carbocycles. The molecule has 1 heterocycles. The molecule has 7 nitrogen and oxygen atoms in total. The van der Waals surface area contributed by atoms with Crippen molar-refractivity contribution in [3.63, 3.8) is 0 Å². The van der Waals surface area contributed by atoms with Gasteiger partial charge in [0.1, 0.15) is 12.4 Å². The molecule has 8 heteroatoms. The van der Waals surface area contributed by atoms with E-state index in [9.17, 15) is 9.59 Å². The Morgan fingerprint density at radius 3 is 2.55 bits per heavy atom. The van der Waals surface area contributed by atoms with Crippen LogP contribution in [-0.4, -0.2) is 43.0 Å². The Labute approximate surface area is 185 Å². The first-order valence-corrected chi connectivity index (χ1v) is 10.5. The second kappa shape index (κ2) is 10.6. The fraction of sp³-hybridized carbons (Fsp3) is 0.217. The van der Waals surface area contributed by atoms with Crippen molar-refractivity contribution in [1.29, 1.82) is 0 Å². The van der Waals surface area contributed by atoms with Gasteiger partial charge in [0.2, 0.25) is 0 Å². The third kappa shape index (κ3) is 5.61. The van der Waals surface area contributed by atoms with Crippen molar-refractivity contribution in [2.24, 2.45) is 0 Å². The van der Waals surface area contributed by atoms with Gasteiger partial charge < -0.3 is 19.5 Å². The molecule has 0 spiro atoms. The predicted octanol–water partition coefficient (Wildman–Crippen LogP) is 4.76. The summed E-state index contributed by atoms with van der Waals surface area (Å²) in [5.74, 6) is 1.53. The maximum Gasteiger partial charge on any atom is 0.295 e. The van der Waals surface area contributed by atoms with E-state index in [1.807, 2.05) is 31.2 Å². The number of thioether (sulfide) groups is 1. The van der Waals surface area contributed by atoms with Crippen LogP contribution in [0, 0.1) is 0 Å². The minimum absolute atomic E-state index is 0.0770. The number of rotatable bonds is 10. The highest BCUT2D eigenvalue weighted by Gasteiger charge is 2.34. The van der Waals surface area contributed by atoms with Crippen LogP contribution in [0.25, 0.3) is 6.08 Å². The van der Waals surface area contributed by atoms with Crippen molar-refractivity contribution in [1.82, 2.24) is 4.90 Å². The summed E-state index contributed by atoms with van der Waals surface area (Å²) in [6, 6.07) is 12.6. The number of amides is 2. The highest BCUT2D eigenvalue weighted by atomic mass is 32.2. The van der Waals surface area contributed by atoms with Crippen LogP contribution in [0.2, 0.25) is 0 Å². The molecule has 2 amide bonds. The third-order valence-electron chi connectivity index (χ3n) is 4.32. The zero-order valence-electron chi connectivity index (χ0n) is 17.4. The summed E-state index contributed by atoms with van der Waals surface area (Å²) < 4.78 is 16.3. The van der Waals surface area contributed by atoms with Crippen LogP contribution < -0.4 is 19.5 Å². The molecule has 3 rings (SSSR count). The van der Waals surface area contributed by atoms with E-state index in [2.05, 4.69) is 11.9 Å². The summed E-state index contributed by atoms with van der Waals surface area (Å²) in [5.41, 5.74) is 1.51. The summed E-state index contributed by atoms with van der Waals surface area (Å²) in [4.78, 5) is 26.6. The van der Waals surface area contributed by atoms with Crippen molar-refractivity contribution in [3.8, 4) is 17.2 Å². The van der Waals surface area contributed by atoms with Gasteiger partial charge in [-0.1, -0.05) is 18.7 Å². The lowest BCUT2D eigenvalue weighted by Crippen LogP contribution is -2.33. The van der Waals surface area contributed by atoms with Gasteiger partial charge in [-0.3, -0.25) is 14.5 Å². The summed E-state index contributed by atoms with van der Waals surface area (Å²) >= 11 is 0.906. The molecule has 2 aromatic rings. The van der Waals surface area contributed by atoms with Gasteiger partial charge >= 0.3 is 0 Å². The lowest BCUT2D eigenvalue weighted by molar-refractivity contribution is -0.122. The first kappa shape index (κ1) is 22.3. The van der Waals surface area contributed by atoms with Crippen LogP contribution in [0.5, 0.6) is 17.2 Å². The molecule has 1 fully saturated rings. The molecular formula is C23H24N2O5S. The number of benzene rings is 2. The van der Waals surface area contributed by atoms with Crippen molar-refractivity contribution in [2.45, 2.75) is 6.92 Å². The highest BCUT2D eigenvalue weighted by molar-refractivity contribution is 8.18. The lowest BCUT2D eigenvalue weighted by atomic mass is 10.2. The second-order valence-electron chi connectivity index (χ2n) is 6.41. The largest absolute Gasteiger partial charge is 0.494 e. The summed E-state index contributed by atoms with van der Waals surface area (Å²) in [7, 11) is 1.54. The van der Waals surface area contributed by atoms with Crippen molar-refractivity contribution in [3.05, 3.63) is 65.6 Å². The molecule has 0 atom stereocenters. The second-order valence-corrected chi connectivity index (χ2v) is 7.41. The van der Waals surface area contributed by atoms with E-state index in [-0.39, 0.29) is 17.8 Å². The van der Waals surface area contributed by atoms with Gasteiger partial charge in [-0.05, 0) is 66.7 Å². The van der Waals surface area contributed by atoms with Gasteiger partial charge in [0.15, 0.2) is 11.5 Å². The van der Waals surface area contributed by atoms with E-state index in [0.29, 0.717) is 29.6 Å². The molecule has 1 aliphatic rings. The van der Waals surface area contributed by atoms with E-state index in [1.165, 1.54) is 4.90 Å². The maximum absolute atomic E-state index is 12.7. The third-order valence-corrected chi connectivity index (χ3v) is 5.23. The number of methoxy groups -OCH3 is 1. The zero-order chi connectivity index (χ0) is 22.2. The molecule has 31 heavy (non-hydrogen) atoms. The number of carbonyl (C=O) groups is 2. The maximum atomic E-state index is 12.7. The van der Waals surface area contributed by atoms with E-state index < -0.39 is 0 Å². The number of ether oxygens (including phenoxy) is 3. The SMILES string of the molecule is C=CCOc1ccc(/C=C2\SC(=O)N(CNc3ccc(OCC)cc3)C2=O)cc1OC. The Kier molecular flexibility index (Phi) is 7.61. The molecule has 0 bridgehead atoms. The van der Waals surface area contributed by atoms with Gasteiger partial charge in [0.05, 0.1) is 25.3 Å². The van der Waals surface area contributed by atoms with Crippen LogP contribution in [0.4, 0.5) is 10.5 Å². The predicted molar refractivity (Wildman–Crippen MR) is 123 cm³/mol. The summed E-state index contributed by atoms with van der Waals surface area (Å²) in [6.45, 7) is 6.56. The molecule has 1 aliphatic heterocycles. The molecule has 0 radical (unpaired) electrons. The number of carbonyl (C=O) groups excluding carboxylic acids is 2. The molecule has 0 unspecified atom stereocenters. The Hall–Kier alpha value is -3.39. The fourth-order valence-corrected chi connectivity index (χ4v) is 3.67. The molecule has 2 aromatic carbocycles. The monoisotopic (exact) mass is 440 g/mol. The minimum atomic E-state index is -0.348. The standard InChI is InChI=1S/C23H24N2O5S/c1-4-12-30-19-11-6-16(13-20(19)28-3)14-21-22(26)25(23(27)31-21)15-24-17-7-9-18(10-8-17)29-5-2/h4,6-11,13-14,24H,1,5,12,15H2,2-3H3/b21-14-. The van der Waals surface area contributed by atoms with Crippen molar-refractivity contribution >= 4 is 34.7 Å². The number of imide groups is 1. The van der Waals surface area contributed by atoms with E-state index in [1.54, 1.807) is 37.5 Å². The van der Waals surface area contributed by atoms with Crippen LogP contribution in [0.3, 0.4) is 0 Å². The van der Waals surface area contributed by atoms with E-state index in [0.717, 1.165) is 28.8 Å². The summed E-state index contributed by atoms with van der Waals surface area (Å²) in [5, 5.41) is 2.76. The van der Waals surface area contributed by atoms with Crippen molar-refractivity contribution in [2.75, 3.05) is 32.3 Å². The number of hydrogen-bond acceptors (Lipinski definition) is 7. The normalized spacial score (nSPS) is 14.6. The Bertz CT molecular complexity index is 988. The van der Waals surface area contributed by atoms with Gasteiger partial charge in [-0.2, -0.15) is 0 Å². The van der Waals surface area contributed by atoms with E-state index >= 15 is 0 Å². The zero-order valence-corrected chi connectivity index (χ0v) is 18.2. The Balaban J connectivity index is 1.67. The van der Waals surface area contributed by atoms with Crippen LogP contribution in [0.15, 0.2) is 60.0 Å². The molecule has 0 aliphatic carbocycles. The Morgan fingerprint density at radius 2 is 1.87 bits per heavy atom. The number of nitrogens with zero attached hydrogens (tertiary/aromatic N) is 1. The smallest absolute Gasteiger partial charge is 0.295 e. The average molecular weight is 441 g/mol. The average Bonchev–Trinajstić information content (AvgIpc) is 3.04. The summed E-state index contributed by atoms with van der Waals surface area (Å²) in [6.07, 6.45) is 3.31. The molecule has 0 aromatic heterocycles. The van der Waals surface area contributed by atoms with Gasteiger partial charge in [0, 0.05) is 5.69 Å². The quantitative estimate of drug-likeness (QED) is 0.421. The van der Waals surface area contributed by atoms with E-state index in [4.69, 9.17) is 14.2 Å². The molecule has 162 valence electrons. The first-order chi connectivity index (χ1) is 15.0.